The summed E-state index contributed by atoms with van der Waals surface area (Å²) in [7, 11) is 0. The lowest BCUT2D eigenvalue weighted by Crippen LogP contribution is -2.14. The van der Waals surface area contributed by atoms with Crippen LogP contribution in [-0.4, -0.2) is 11.7 Å². The maximum atomic E-state index is 8.89. The lowest BCUT2D eigenvalue weighted by Gasteiger charge is -2.18. The van der Waals surface area contributed by atoms with E-state index in [1.54, 1.807) is 0 Å². The van der Waals surface area contributed by atoms with Crippen molar-refractivity contribution < 1.29 is 5.11 Å². The van der Waals surface area contributed by atoms with Crippen LogP contribution in [-0.2, 0) is 0 Å². The standard InChI is InChI=1S/C9H16O/c1-5-8(4)9(6-10)7(2)3/h5,8-10H,1-2,6H2,3-4H3. The van der Waals surface area contributed by atoms with E-state index in [4.69, 9.17) is 5.11 Å². The number of aliphatic hydroxyl groups excluding tert-OH is 1. The van der Waals surface area contributed by atoms with E-state index in [9.17, 15) is 0 Å². The fraction of sp³-hybridized carbons (Fsp3) is 0.556. The smallest absolute Gasteiger partial charge is 0.0501 e. The normalized spacial score (nSPS) is 15.9. The van der Waals surface area contributed by atoms with Crippen LogP contribution < -0.4 is 0 Å². The zero-order chi connectivity index (χ0) is 8.15. The van der Waals surface area contributed by atoms with Gasteiger partial charge in [-0.3, -0.25) is 0 Å². The number of aliphatic hydroxyl groups is 1. The maximum Gasteiger partial charge on any atom is 0.0501 e. The first-order valence-corrected chi connectivity index (χ1v) is 3.52. The second kappa shape index (κ2) is 4.29. The zero-order valence-electron chi connectivity index (χ0n) is 6.80. The maximum absolute atomic E-state index is 8.89. The average molecular weight is 140 g/mol. The van der Waals surface area contributed by atoms with Crippen LogP contribution in [0.15, 0.2) is 24.8 Å². The summed E-state index contributed by atoms with van der Waals surface area (Å²) in [5, 5.41) is 8.89. The molecular formula is C9H16O. The molecule has 2 unspecified atom stereocenters. The molecule has 0 aliphatic heterocycles. The summed E-state index contributed by atoms with van der Waals surface area (Å²) in [4.78, 5) is 0. The Kier molecular flexibility index (Phi) is 4.05. The molecule has 1 N–H and O–H groups in total. The molecule has 2 atom stereocenters. The molecule has 0 rings (SSSR count). The molecule has 0 amide bonds. The van der Waals surface area contributed by atoms with Crippen LogP contribution in [0.25, 0.3) is 0 Å². The Morgan fingerprint density at radius 1 is 1.70 bits per heavy atom. The summed E-state index contributed by atoms with van der Waals surface area (Å²) in [6.07, 6.45) is 1.84. The number of hydrogen-bond acceptors (Lipinski definition) is 1. The van der Waals surface area contributed by atoms with Gasteiger partial charge in [0.2, 0.25) is 0 Å². The van der Waals surface area contributed by atoms with Gasteiger partial charge >= 0.3 is 0 Å². The lowest BCUT2D eigenvalue weighted by atomic mass is 9.89. The molecule has 0 aromatic heterocycles. The van der Waals surface area contributed by atoms with Crippen LogP contribution in [0.4, 0.5) is 0 Å². The molecule has 0 spiro atoms. The Hall–Kier alpha value is -0.560. The molecule has 0 saturated heterocycles. The van der Waals surface area contributed by atoms with E-state index >= 15 is 0 Å². The number of allylic oxidation sites excluding steroid dienone is 1. The predicted molar refractivity (Wildman–Crippen MR) is 44.8 cm³/mol. The van der Waals surface area contributed by atoms with Crippen molar-refractivity contribution in [2.75, 3.05) is 6.61 Å². The van der Waals surface area contributed by atoms with Crippen LogP contribution in [0.2, 0.25) is 0 Å². The summed E-state index contributed by atoms with van der Waals surface area (Å²) in [6, 6.07) is 0. The van der Waals surface area contributed by atoms with Crippen molar-refractivity contribution in [1.29, 1.82) is 0 Å². The van der Waals surface area contributed by atoms with Crippen molar-refractivity contribution in [2.24, 2.45) is 11.8 Å². The highest BCUT2D eigenvalue weighted by Crippen LogP contribution is 2.18. The van der Waals surface area contributed by atoms with Crippen LogP contribution in [0.3, 0.4) is 0 Å². The molecule has 0 aromatic rings. The second-order valence-corrected chi connectivity index (χ2v) is 2.73. The lowest BCUT2D eigenvalue weighted by molar-refractivity contribution is 0.223. The van der Waals surface area contributed by atoms with Gasteiger partial charge in [-0.05, 0) is 12.8 Å². The molecular weight excluding hydrogens is 124 g/mol. The van der Waals surface area contributed by atoms with Gasteiger partial charge in [0.25, 0.3) is 0 Å². The molecule has 0 bridgehead atoms. The number of rotatable bonds is 4. The Morgan fingerprint density at radius 2 is 2.20 bits per heavy atom. The first-order chi connectivity index (χ1) is 4.63. The van der Waals surface area contributed by atoms with Crippen molar-refractivity contribution >= 4 is 0 Å². The van der Waals surface area contributed by atoms with E-state index in [1.807, 2.05) is 19.9 Å². The van der Waals surface area contributed by atoms with Gasteiger partial charge in [-0.15, -0.1) is 6.58 Å². The third kappa shape index (κ3) is 2.36. The highest BCUT2D eigenvalue weighted by molar-refractivity contribution is 5.01. The van der Waals surface area contributed by atoms with E-state index in [1.165, 1.54) is 0 Å². The van der Waals surface area contributed by atoms with Crippen molar-refractivity contribution in [2.45, 2.75) is 13.8 Å². The highest BCUT2D eigenvalue weighted by Gasteiger charge is 2.12. The van der Waals surface area contributed by atoms with Crippen LogP contribution in [0.1, 0.15) is 13.8 Å². The van der Waals surface area contributed by atoms with Gasteiger partial charge < -0.3 is 5.11 Å². The van der Waals surface area contributed by atoms with Crippen molar-refractivity contribution in [3.63, 3.8) is 0 Å². The molecule has 58 valence electrons. The third-order valence-electron chi connectivity index (χ3n) is 1.84. The third-order valence-corrected chi connectivity index (χ3v) is 1.84. The van der Waals surface area contributed by atoms with Gasteiger partial charge in [-0.1, -0.05) is 25.2 Å². The fourth-order valence-electron chi connectivity index (χ4n) is 0.935. The molecule has 1 nitrogen and oxygen atoms in total. The van der Waals surface area contributed by atoms with E-state index in [2.05, 4.69) is 13.2 Å². The minimum atomic E-state index is 0.169. The van der Waals surface area contributed by atoms with Gasteiger partial charge in [0, 0.05) is 5.92 Å². The fourth-order valence-corrected chi connectivity index (χ4v) is 0.935. The molecule has 1 heteroatoms. The predicted octanol–water partition coefficient (Wildman–Crippen LogP) is 1.99. The van der Waals surface area contributed by atoms with E-state index < -0.39 is 0 Å². The highest BCUT2D eigenvalue weighted by atomic mass is 16.3. The van der Waals surface area contributed by atoms with E-state index in [0.29, 0.717) is 5.92 Å². The Labute approximate surface area is 63.1 Å². The summed E-state index contributed by atoms with van der Waals surface area (Å²) < 4.78 is 0. The largest absolute Gasteiger partial charge is 0.396 e. The van der Waals surface area contributed by atoms with Gasteiger partial charge in [-0.2, -0.15) is 0 Å². The molecule has 0 radical (unpaired) electrons. The minimum absolute atomic E-state index is 0.169. The van der Waals surface area contributed by atoms with Crippen LogP contribution in [0.5, 0.6) is 0 Å². The molecule has 0 aromatic carbocycles. The molecule has 0 saturated carbocycles. The first kappa shape index (κ1) is 9.44. The minimum Gasteiger partial charge on any atom is -0.396 e. The SMILES string of the molecule is C=CC(C)C(CO)C(=C)C. The van der Waals surface area contributed by atoms with E-state index in [0.717, 1.165) is 5.57 Å². The molecule has 0 fully saturated rings. The second-order valence-electron chi connectivity index (χ2n) is 2.73. The van der Waals surface area contributed by atoms with Crippen molar-refractivity contribution in [1.82, 2.24) is 0 Å². The van der Waals surface area contributed by atoms with E-state index in [-0.39, 0.29) is 12.5 Å². The summed E-state index contributed by atoms with van der Waals surface area (Å²) >= 11 is 0. The van der Waals surface area contributed by atoms with Gasteiger partial charge in [-0.25, -0.2) is 0 Å². The summed E-state index contributed by atoms with van der Waals surface area (Å²) in [5.41, 5.74) is 1.02. The summed E-state index contributed by atoms with van der Waals surface area (Å²) in [6.45, 7) is 11.6. The molecule has 10 heavy (non-hydrogen) atoms. The number of hydrogen-bond donors (Lipinski definition) is 1. The Balaban J connectivity index is 4.05. The average Bonchev–Trinajstić information content (AvgIpc) is 1.88. The van der Waals surface area contributed by atoms with Gasteiger partial charge in [0.1, 0.15) is 0 Å². The summed E-state index contributed by atoms with van der Waals surface area (Å²) in [5.74, 6) is 0.500. The van der Waals surface area contributed by atoms with Gasteiger partial charge in [0.05, 0.1) is 6.61 Å². The molecule has 0 heterocycles. The zero-order valence-corrected chi connectivity index (χ0v) is 6.80. The Morgan fingerprint density at radius 3 is 2.30 bits per heavy atom. The van der Waals surface area contributed by atoms with Crippen molar-refractivity contribution in [3.05, 3.63) is 24.8 Å². The van der Waals surface area contributed by atoms with Crippen LogP contribution in [0, 0.1) is 11.8 Å². The Bertz CT molecular complexity index is 127. The quantitative estimate of drug-likeness (QED) is 0.592. The monoisotopic (exact) mass is 140 g/mol. The molecule has 0 aliphatic rings. The van der Waals surface area contributed by atoms with Gasteiger partial charge in [0.15, 0.2) is 0 Å². The van der Waals surface area contributed by atoms with Crippen LogP contribution >= 0.6 is 0 Å². The van der Waals surface area contributed by atoms with Crippen molar-refractivity contribution in [3.8, 4) is 0 Å². The topological polar surface area (TPSA) is 20.2 Å². The molecule has 0 aliphatic carbocycles. The first-order valence-electron chi connectivity index (χ1n) is 3.52.